The number of hydrogen-bond donors (Lipinski definition) is 1. The van der Waals surface area contributed by atoms with E-state index in [9.17, 15) is 9.59 Å². The normalized spacial score (nSPS) is 13.6. The van der Waals surface area contributed by atoms with Crippen molar-refractivity contribution in [3.05, 3.63) is 64.6 Å². The first-order valence-corrected chi connectivity index (χ1v) is 9.58. The zero-order valence-corrected chi connectivity index (χ0v) is 16.2. The van der Waals surface area contributed by atoms with Crippen LogP contribution in [0.4, 0.5) is 0 Å². The molecule has 2 aromatic heterocycles. The number of amides is 1. The summed E-state index contributed by atoms with van der Waals surface area (Å²) in [7, 11) is 0. The molecule has 4 rings (SSSR count). The van der Waals surface area contributed by atoms with E-state index in [1.54, 1.807) is 28.8 Å². The minimum Gasteiger partial charge on any atom is -0.338 e. The predicted octanol–water partition coefficient (Wildman–Crippen LogP) is 2.44. The average Bonchev–Trinajstić information content (AvgIpc) is 2.98. The van der Waals surface area contributed by atoms with Crippen LogP contribution in [0.5, 0.6) is 0 Å². The van der Waals surface area contributed by atoms with Crippen LogP contribution in [0.15, 0.2) is 36.7 Å². The van der Waals surface area contributed by atoms with Crippen molar-refractivity contribution in [1.29, 1.82) is 0 Å². The molecule has 1 aliphatic rings. The van der Waals surface area contributed by atoms with Crippen LogP contribution in [0.1, 0.15) is 39.7 Å². The molecule has 3 aromatic rings. The number of pyridine rings is 1. The van der Waals surface area contributed by atoms with Gasteiger partial charge in [0, 0.05) is 43.5 Å². The van der Waals surface area contributed by atoms with Gasteiger partial charge in [0.1, 0.15) is 0 Å². The average molecular weight is 376 g/mol. The number of rotatable bonds is 3. The van der Waals surface area contributed by atoms with Gasteiger partial charge in [0.05, 0.1) is 11.1 Å². The Labute approximate surface area is 164 Å². The first kappa shape index (κ1) is 18.4. The first-order chi connectivity index (χ1) is 13.5. The molecule has 28 heavy (non-hydrogen) atoms. The first-order valence-electron chi connectivity index (χ1n) is 9.58. The molecule has 1 aromatic carbocycles. The molecule has 6 heteroatoms. The zero-order valence-electron chi connectivity index (χ0n) is 16.2. The summed E-state index contributed by atoms with van der Waals surface area (Å²) in [6.07, 6.45) is 4.81. The van der Waals surface area contributed by atoms with Crippen molar-refractivity contribution in [2.24, 2.45) is 5.73 Å². The van der Waals surface area contributed by atoms with Gasteiger partial charge in [-0.1, -0.05) is 18.2 Å². The minimum absolute atomic E-state index is 0.0426. The molecule has 0 aliphatic carbocycles. The number of nitrogens with zero attached hydrogens (tertiary/aromatic N) is 3. The molecule has 2 N–H and O–H groups in total. The summed E-state index contributed by atoms with van der Waals surface area (Å²) >= 11 is 0. The number of para-hydroxylation sites is 1. The van der Waals surface area contributed by atoms with Gasteiger partial charge in [-0.25, -0.2) is 0 Å². The fourth-order valence-corrected chi connectivity index (χ4v) is 4.22. The van der Waals surface area contributed by atoms with Crippen molar-refractivity contribution in [2.75, 3.05) is 13.1 Å². The van der Waals surface area contributed by atoms with Gasteiger partial charge >= 0.3 is 0 Å². The third-order valence-electron chi connectivity index (χ3n) is 5.66. The lowest BCUT2D eigenvalue weighted by Gasteiger charge is -2.28. The lowest BCUT2D eigenvalue weighted by atomic mass is 9.96. The summed E-state index contributed by atoms with van der Waals surface area (Å²) in [5.74, 6) is -0.0290. The molecule has 0 saturated heterocycles. The SMILES string of the molecule is CC(=O)N1CCc2c(cncc2C(=O)n2c(C)c(CCN)c3ccccc32)C1. The fourth-order valence-electron chi connectivity index (χ4n) is 4.22. The van der Waals surface area contributed by atoms with E-state index in [4.69, 9.17) is 5.73 Å². The fraction of sp³-hybridized carbons (Fsp3) is 0.318. The van der Waals surface area contributed by atoms with Gasteiger partial charge in [0.15, 0.2) is 0 Å². The van der Waals surface area contributed by atoms with Crippen LogP contribution in [0, 0.1) is 6.92 Å². The van der Waals surface area contributed by atoms with Crippen molar-refractivity contribution >= 4 is 22.7 Å². The summed E-state index contributed by atoms with van der Waals surface area (Å²) < 4.78 is 1.79. The number of benzene rings is 1. The van der Waals surface area contributed by atoms with Crippen molar-refractivity contribution in [3.8, 4) is 0 Å². The molecule has 0 fully saturated rings. The standard InChI is InChI=1S/C22H24N4O2/c1-14-17(7-9-23)19-5-3-4-6-21(19)26(14)22(28)20-12-24-11-16-13-25(15(2)27)10-8-18(16)20/h3-6,11-12H,7-10,13,23H2,1-2H3. The van der Waals surface area contributed by atoms with Crippen LogP contribution in [0.25, 0.3) is 10.9 Å². The molecule has 0 atom stereocenters. The summed E-state index contributed by atoms with van der Waals surface area (Å²) in [6.45, 7) is 5.20. The number of fused-ring (bicyclic) bond motifs is 2. The highest BCUT2D eigenvalue weighted by molar-refractivity contribution is 6.05. The zero-order chi connectivity index (χ0) is 19.8. The highest BCUT2D eigenvalue weighted by atomic mass is 16.2. The molecule has 0 spiro atoms. The van der Waals surface area contributed by atoms with Crippen LogP contribution >= 0.6 is 0 Å². The van der Waals surface area contributed by atoms with Crippen molar-refractivity contribution in [1.82, 2.24) is 14.5 Å². The van der Waals surface area contributed by atoms with Crippen LogP contribution in [0.3, 0.4) is 0 Å². The maximum Gasteiger partial charge on any atom is 0.264 e. The van der Waals surface area contributed by atoms with Crippen molar-refractivity contribution in [2.45, 2.75) is 33.2 Å². The van der Waals surface area contributed by atoms with E-state index in [2.05, 4.69) is 4.98 Å². The monoisotopic (exact) mass is 376 g/mol. The van der Waals surface area contributed by atoms with Crippen LogP contribution in [-0.4, -0.2) is 39.4 Å². The smallest absolute Gasteiger partial charge is 0.264 e. The maximum atomic E-state index is 13.6. The van der Waals surface area contributed by atoms with E-state index in [1.165, 1.54) is 0 Å². The van der Waals surface area contributed by atoms with E-state index >= 15 is 0 Å². The molecule has 0 bridgehead atoms. The van der Waals surface area contributed by atoms with Crippen LogP contribution < -0.4 is 5.73 Å². The third-order valence-corrected chi connectivity index (χ3v) is 5.66. The molecule has 0 unspecified atom stereocenters. The Kier molecular flexibility index (Phi) is 4.73. The lowest BCUT2D eigenvalue weighted by Crippen LogP contribution is -2.35. The Bertz CT molecular complexity index is 1080. The molecule has 1 aliphatic heterocycles. The van der Waals surface area contributed by atoms with Gasteiger partial charge in [-0.2, -0.15) is 0 Å². The molecule has 3 heterocycles. The largest absolute Gasteiger partial charge is 0.338 e. The Morgan fingerprint density at radius 2 is 2.00 bits per heavy atom. The number of hydrogen-bond acceptors (Lipinski definition) is 4. The highest BCUT2D eigenvalue weighted by Crippen LogP contribution is 2.29. The van der Waals surface area contributed by atoms with Gasteiger partial charge in [0.2, 0.25) is 5.91 Å². The predicted molar refractivity (Wildman–Crippen MR) is 108 cm³/mol. The number of carbonyl (C=O) groups is 2. The van der Waals surface area contributed by atoms with Crippen molar-refractivity contribution in [3.63, 3.8) is 0 Å². The summed E-state index contributed by atoms with van der Waals surface area (Å²) in [6, 6.07) is 7.95. The van der Waals surface area contributed by atoms with Crippen LogP contribution in [0.2, 0.25) is 0 Å². The van der Waals surface area contributed by atoms with Gasteiger partial charge in [0.25, 0.3) is 5.91 Å². The molecule has 0 saturated carbocycles. The topological polar surface area (TPSA) is 81.2 Å². The van der Waals surface area contributed by atoms with Gasteiger partial charge < -0.3 is 10.6 Å². The highest BCUT2D eigenvalue weighted by Gasteiger charge is 2.26. The van der Waals surface area contributed by atoms with E-state index in [1.807, 2.05) is 31.2 Å². The maximum absolute atomic E-state index is 13.6. The number of carbonyl (C=O) groups excluding carboxylic acids is 2. The minimum atomic E-state index is -0.0717. The van der Waals surface area contributed by atoms with Crippen LogP contribution in [-0.2, 0) is 24.2 Å². The summed E-state index contributed by atoms with van der Waals surface area (Å²) in [4.78, 5) is 31.4. The summed E-state index contributed by atoms with van der Waals surface area (Å²) in [5.41, 5.74) is 11.3. The molecular formula is C22H24N4O2. The number of aromatic nitrogens is 2. The molecule has 6 nitrogen and oxygen atoms in total. The van der Waals surface area contributed by atoms with E-state index in [0.717, 1.165) is 39.7 Å². The second-order valence-corrected chi connectivity index (χ2v) is 7.28. The Morgan fingerprint density at radius 1 is 1.21 bits per heavy atom. The Morgan fingerprint density at radius 3 is 2.75 bits per heavy atom. The van der Waals surface area contributed by atoms with E-state index < -0.39 is 0 Å². The quantitative estimate of drug-likeness (QED) is 0.761. The Hall–Kier alpha value is -2.99. The van der Waals surface area contributed by atoms with Gasteiger partial charge in [-0.05, 0) is 49.1 Å². The second kappa shape index (κ2) is 7.20. The van der Waals surface area contributed by atoms with Gasteiger partial charge in [-0.3, -0.25) is 19.1 Å². The lowest BCUT2D eigenvalue weighted by molar-refractivity contribution is -0.129. The summed E-state index contributed by atoms with van der Waals surface area (Å²) in [5, 5.41) is 1.07. The van der Waals surface area contributed by atoms with Crippen molar-refractivity contribution < 1.29 is 9.59 Å². The Balaban J connectivity index is 1.83. The number of nitrogens with two attached hydrogens (primary N) is 1. The molecule has 1 amide bonds. The molecule has 144 valence electrons. The van der Waals surface area contributed by atoms with E-state index in [-0.39, 0.29) is 11.8 Å². The van der Waals surface area contributed by atoms with Gasteiger partial charge in [-0.15, -0.1) is 0 Å². The molecular weight excluding hydrogens is 352 g/mol. The second-order valence-electron chi connectivity index (χ2n) is 7.28. The third kappa shape index (κ3) is 2.90. The van der Waals surface area contributed by atoms with E-state index in [0.29, 0.717) is 31.6 Å². The molecule has 0 radical (unpaired) electrons.